The lowest BCUT2D eigenvalue weighted by Gasteiger charge is -2.18. The molecule has 1 unspecified atom stereocenters. The molecule has 0 saturated carbocycles. The van der Waals surface area contributed by atoms with E-state index in [1.54, 1.807) is 29.2 Å². The Morgan fingerprint density at radius 3 is 2.48 bits per heavy atom. The Balaban J connectivity index is 1.38. The van der Waals surface area contributed by atoms with E-state index < -0.39 is 23.6 Å². The molecule has 0 aliphatic carbocycles. The Kier molecular flexibility index (Phi) is 5.66. The summed E-state index contributed by atoms with van der Waals surface area (Å²) >= 11 is 0. The van der Waals surface area contributed by atoms with Crippen LogP contribution in [0.5, 0.6) is 5.75 Å². The van der Waals surface area contributed by atoms with Gasteiger partial charge < -0.3 is 15.0 Å². The molecule has 1 heterocycles. The Hall–Kier alpha value is -3.74. The van der Waals surface area contributed by atoms with Crippen molar-refractivity contribution in [2.75, 3.05) is 16.8 Å². The molecular formula is C24H20F2N2O3. The van der Waals surface area contributed by atoms with Gasteiger partial charge in [0, 0.05) is 29.5 Å². The van der Waals surface area contributed by atoms with E-state index >= 15 is 0 Å². The standard InChI is InChI=1S/C24H20F2N2O3/c1-15(31-19-10-11-20(25)21(26)14-19)23(29)27-18-8-6-17(7-9-18)24(30)28-13-12-16-4-2-3-5-22(16)28/h2-11,14-15H,12-13H2,1H3,(H,27,29). The van der Waals surface area contributed by atoms with E-state index in [1.807, 2.05) is 24.3 Å². The number of rotatable bonds is 5. The number of hydrogen-bond acceptors (Lipinski definition) is 3. The molecule has 7 heteroatoms. The zero-order chi connectivity index (χ0) is 22.0. The maximum atomic E-state index is 13.3. The fourth-order valence-corrected chi connectivity index (χ4v) is 3.45. The number of carbonyl (C=O) groups is 2. The fourth-order valence-electron chi connectivity index (χ4n) is 3.45. The van der Waals surface area contributed by atoms with Crippen molar-refractivity contribution in [3.8, 4) is 5.75 Å². The van der Waals surface area contributed by atoms with Gasteiger partial charge in [0.1, 0.15) is 5.75 Å². The van der Waals surface area contributed by atoms with Gasteiger partial charge in [-0.2, -0.15) is 0 Å². The van der Waals surface area contributed by atoms with E-state index in [0.29, 0.717) is 17.8 Å². The van der Waals surface area contributed by atoms with E-state index in [4.69, 9.17) is 4.74 Å². The van der Waals surface area contributed by atoms with E-state index in [2.05, 4.69) is 5.32 Å². The minimum atomic E-state index is -1.05. The molecule has 4 rings (SSSR count). The monoisotopic (exact) mass is 422 g/mol. The average molecular weight is 422 g/mol. The first-order valence-electron chi connectivity index (χ1n) is 9.85. The van der Waals surface area contributed by atoms with Crippen LogP contribution in [0, 0.1) is 11.6 Å². The molecule has 0 saturated heterocycles. The highest BCUT2D eigenvalue weighted by Crippen LogP contribution is 2.29. The third-order valence-electron chi connectivity index (χ3n) is 5.10. The third kappa shape index (κ3) is 4.40. The highest BCUT2D eigenvalue weighted by Gasteiger charge is 2.25. The van der Waals surface area contributed by atoms with Gasteiger partial charge in [0.15, 0.2) is 17.7 Å². The first-order chi connectivity index (χ1) is 14.9. The lowest BCUT2D eigenvalue weighted by atomic mass is 10.1. The molecule has 158 valence electrons. The number of nitrogens with zero attached hydrogens (tertiary/aromatic N) is 1. The van der Waals surface area contributed by atoms with E-state index in [1.165, 1.54) is 13.0 Å². The van der Waals surface area contributed by atoms with Crippen molar-refractivity contribution in [3.63, 3.8) is 0 Å². The van der Waals surface area contributed by atoms with Gasteiger partial charge in [0.2, 0.25) is 0 Å². The zero-order valence-corrected chi connectivity index (χ0v) is 16.8. The Labute approximate surface area is 178 Å². The molecule has 2 amide bonds. The Morgan fingerprint density at radius 1 is 1.00 bits per heavy atom. The van der Waals surface area contributed by atoms with Crippen molar-refractivity contribution in [1.29, 1.82) is 0 Å². The normalized spacial score (nSPS) is 13.5. The maximum Gasteiger partial charge on any atom is 0.265 e. The highest BCUT2D eigenvalue weighted by molar-refractivity contribution is 6.07. The second-order valence-corrected chi connectivity index (χ2v) is 7.24. The van der Waals surface area contributed by atoms with E-state index in [9.17, 15) is 18.4 Å². The number of fused-ring (bicyclic) bond motifs is 1. The summed E-state index contributed by atoms with van der Waals surface area (Å²) in [7, 11) is 0. The molecule has 3 aromatic carbocycles. The van der Waals surface area contributed by atoms with Gasteiger partial charge in [-0.05, 0) is 61.4 Å². The molecule has 31 heavy (non-hydrogen) atoms. The molecule has 0 fully saturated rings. The molecule has 1 aliphatic rings. The van der Waals surface area contributed by atoms with Crippen LogP contribution in [0.25, 0.3) is 0 Å². The fraction of sp³-hybridized carbons (Fsp3) is 0.167. The van der Waals surface area contributed by atoms with Crippen LogP contribution in [0.15, 0.2) is 66.7 Å². The molecule has 5 nitrogen and oxygen atoms in total. The molecule has 0 bridgehead atoms. The number of nitrogens with one attached hydrogen (secondary N) is 1. The summed E-state index contributed by atoms with van der Waals surface area (Å²) in [6.07, 6.45) is -0.112. The predicted octanol–water partition coefficient (Wildman–Crippen LogP) is 4.57. The number of carbonyl (C=O) groups excluding carboxylic acids is 2. The third-order valence-corrected chi connectivity index (χ3v) is 5.10. The number of halogens is 2. The smallest absolute Gasteiger partial charge is 0.265 e. The topological polar surface area (TPSA) is 58.6 Å². The van der Waals surface area contributed by atoms with Gasteiger partial charge in [-0.3, -0.25) is 9.59 Å². The number of ether oxygens (including phenoxy) is 1. The summed E-state index contributed by atoms with van der Waals surface area (Å²) < 4.78 is 31.7. The van der Waals surface area contributed by atoms with Crippen molar-refractivity contribution in [2.45, 2.75) is 19.4 Å². The van der Waals surface area contributed by atoms with Gasteiger partial charge in [-0.1, -0.05) is 18.2 Å². The summed E-state index contributed by atoms with van der Waals surface area (Å²) in [5.74, 6) is -2.55. The number of para-hydroxylation sites is 1. The average Bonchev–Trinajstić information content (AvgIpc) is 3.20. The molecule has 0 spiro atoms. The minimum absolute atomic E-state index is 0.0494. The first kappa shape index (κ1) is 20.5. The quantitative estimate of drug-likeness (QED) is 0.655. The number of anilines is 2. The van der Waals surface area contributed by atoms with Crippen molar-refractivity contribution in [3.05, 3.63) is 89.5 Å². The summed E-state index contributed by atoms with van der Waals surface area (Å²) in [5.41, 5.74) is 3.08. The van der Waals surface area contributed by atoms with Gasteiger partial charge in [-0.25, -0.2) is 8.78 Å². The van der Waals surface area contributed by atoms with Gasteiger partial charge >= 0.3 is 0 Å². The predicted molar refractivity (Wildman–Crippen MR) is 113 cm³/mol. The first-order valence-corrected chi connectivity index (χ1v) is 9.85. The number of amides is 2. The van der Waals surface area contributed by atoms with Crippen LogP contribution in [0.4, 0.5) is 20.2 Å². The van der Waals surface area contributed by atoms with Crippen LogP contribution >= 0.6 is 0 Å². The van der Waals surface area contributed by atoms with Crippen LogP contribution in [0.3, 0.4) is 0 Å². The number of hydrogen-bond donors (Lipinski definition) is 1. The molecule has 1 N–H and O–H groups in total. The lowest BCUT2D eigenvalue weighted by molar-refractivity contribution is -0.122. The molecule has 0 radical (unpaired) electrons. The van der Waals surface area contributed by atoms with Crippen LogP contribution < -0.4 is 15.0 Å². The maximum absolute atomic E-state index is 13.3. The minimum Gasteiger partial charge on any atom is -0.481 e. The van der Waals surface area contributed by atoms with Crippen molar-refractivity contribution in [1.82, 2.24) is 0 Å². The molecular weight excluding hydrogens is 402 g/mol. The largest absolute Gasteiger partial charge is 0.481 e. The lowest BCUT2D eigenvalue weighted by Crippen LogP contribution is -2.30. The second-order valence-electron chi connectivity index (χ2n) is 7.24. The van der Waals surface area contributed by atoms with E-state index in [0.717, 1.165) is 29.8 Å². The van der Waals surface area contributed by atoms with Crippen molar-refractivity contribution in [2.24, 2.45) is 0 Å². The molecule has 3 aromatic rings. The van der Waals surface area contributed by atoms with Crippen LogP contribution in [0.2, 0.25) is 0 Å². The van der Waals surface area contributed by atoms with Gasteiger partial charge in [-0.15, -0.1) is 0 Å². The molecule has 1 atom stereocenters. The summed E-state index contributed by atoms with van der Waals surface area (Å²) in [5, 5.41) is 2.68. The Morgan fingerprint density at radius 2 is 1.74 bits per heavy atom. The van der Waals surface area contributed by atoms with Crippen LogP contribution in [0.1, 0.15) is 22.8 Å². The Bertz CT molecular complexity index is 1130. The van der Waals surface area contributed by atoms with Gasteiger partial charge in [0.25, 0.3) is 11.8 Å². The van der Waals surface area contributed by atoms with E-state index in [-0.39, 0.29) is 11.7 Å². The zero-order valence-electron chi connectivity index (χ0n) is 16.8. The van der Waals surface area contributed by atoms with Crippen LogP contribution in [-0.2, 0) is 11.2 Å². The SMILES string of the molecule is CC(Oc1ccc(F)c(F)c1)C(=O)Nc1ccc(C(=O)N2CCc3ccccc32)cc1. The molecule has 0 aromatic heterocycles. The summed E-state index contributed by atoms with van der Waals surface area (Å²) in [4.78, 5) is 27.0. The highest BCUT2D eigenvalue weighted by atomic mass is 19.2. The number of benzene rings is 3. The summed E-state index contributed by atoms with van der Waals surface area (Å²) in [6, 6.07) is 17.5. The van der Waals surface area contributed by atoms with Crippen molar-refractivity contribution < 1.29 is 23.1 Å². The van der Waals surface area contributed by atoms with Crippen molar-refractivity contribution >= 4 is 23.2 Å². The molecule has 1 aliphatic heterocycles. The second kappa shape index (κ2) is 8.55. The van der Waals surface area contributed by atoms with Crippen LogP contribution in [-0.4, -0.2) is 24.5 Å². The summed E-state index contributed by atoms with van der Waals surface area (Å²) in [6.45, 7) is 2.13. The van der Waals surface area contributed by atoms with Gasteiger partial charge in [0.05, 0.1) is 0 Å².